The second kappa shape index (κ2) is 4.39. The van der Waals surface area contributed by atoms with E-state index in [1.807, 2.05) is 6.92 Å². The largest absolute Gasteiger partial charge is 0.512 e. The van der Waals surface area contributed by atoms with Crippen molar-refractivity contribution in [2.45, 2.75) is 19.8 Å². The molecule has 1 heterocycles. The molecule has 0 spiro atoms. The molecule has 70 valence electrons. The Kier molecular flexibility index (Phi) is 3.19. The van der Waals surface area contributed by atoms with Crippen LogP contribution < -0.4 is 4.74 Å². The van der Waals surface area contributed by atoms with Gasteiger partial charge in [-0.15, -0.1) is 0 Å². The Morgan fingerprint density at radius 1 is 1.54 bits per heavy atom. The lowest BCUT2D eigenvalue weighted by Gasteiger charge is -2.02. The van der Waals surface area contributed by atoms with Gasteiger partial charge in [-0.3, -0.25) is 4.98 Å². The summed E-state index contributed by atoms with van der Waals surface area (Å²) in [5, 5.41) is 8.37. The standard InChI is InChI=1S/C8H10N2O3/c1-2-3-6-7(13-8(11)12)10-5-4-9-6/h4-5H,2-3H2,1H3,(H,11,12). The highest BCUT2D eigenvalue weighted by Gasteiger charge is 2.08. The Labute approximate surface area is 75.4 Å². The van der Waals surface area contributed by atoms with Crippen LogP contribution in [0.15, 0.2) is 12.4 Å². The van der Waals surface area contributed by atoms with Crippen LogP contribution in [0.5, 0.6) is 5.88 Å². The quantitative estimate of drug-likeness (QED) is 0.717. The zero-order valence-corrected chi connectivity index (χ0v) is 7.23. The van der Waals surface area contributed by atoms with E-state index in [1.54, 1.807) is 0 Å². The van der Waals surface area contributed by atoms with Crippen LogP contribution in [-0.4, -0.2) is 21.2 Å². The van der Waals surface area contributed by atoms with Gasteiger partial charge in [0.1, 0.15) is 5.69 Å². The van der Waals surface area contributed by atoms with Crippen molar-refractivity contribution in [2.75, 3.05) is 0 Å². The highest BCUT2D eigenvalue weighted by atomic mass is 16.7. The molecule has 0 aliphatic heterocycles. The van der Waals surface area contributed by atoms with Crippen molar-refractivity contribution in [2.24, 2.45) is 0 Å². The molecule has 0 unspecified atom stereocenters. The number of nitrogens with zero attached hydrogens (tertiary/aromatic N) is 2. The van der Waals surface area contributed by atoms with E-state index in [9.17, 15) is 4.79 Å². The Bertz CT molecular complexity index is 301. The van der Waals surface area contributed by atoms with E-state index >= 15 is 0 Å². The number of rotatable bonds is 3. The molecule has 0 aromatic carbocycles. The molecule has 1 aromatic rings. The van der Waals surface area contributed by atoms with Gasteiger partial charge in [-0.2, -0.15) is 0 Å². The minimum absolute atomic E-state index is 0.0804. The average molecular weight is 182 g/mol. The zero-order valence-electron chi connectivity index (χ0n) is 7.23. The van der Waals surface area contributed by atoms with Crippen LogP contribution in [0.4, 0.5) is 4.79 Å². The van der Waals surface area contributed by atoms with Crippen LogP contribution in [0.25, 0.3) is 0 Å². The third kappa shape index (κ3) is 2.70. The van der Waals surface area contributed by atoms with Crippen LogP contribution >= 0.6 is 0 Å². The van der Waals surface area contributed by atoms with Gasteiger partial charge in [0.2, 0.25) is 5.88 Å². The van der Waals surface area contributed by atoms with Gasteiger partial charge in [0.05, 0.1) is 0 Å². The summed E-state index contributed by atoms with van der Waals surface area (Å²) in [6.07, 6.45) is 3.08. The lowest BCUT2D eigenvalue weighted by atomic mass is 10.2. The van der Waals surface area contributed by atoms with Crippen LogP contribution in [0, 0.1) is 0 Å². The van der Waals surface area contributed by atoms with Crippen molar-refractivity contribution < 1.29 is 14.6 Å². The van der Waals surface area contributed by atoms with Gasteiger partial charge in [0, 0.05) is 12.4 Å². The highest BCUT2D eigenvalue weighted by molar-refractivity contribution is 5.60. The molecule has 0 atom stereocenters. The molecule has 0 amide bonds. The predicted octanol–water partition coefficient (Wildman–Crippen LogP) is 1.49. The van der Waals surface area contributed by atoms with Crippen molar-refractivity contribution >= 4 is 6.16 Å². The Hall–Kier alpha value is -1.65. The number of aryl methyl sites for hydroxylation is 1. The molecule has 1 rings (SSSR count). The summed E-state index contributed by atoms with van der Waals surface area (Å²) in [7, 11) is 0. The molecule has 13 heavy (non-hydrogen) atoms. The smallest absolute Gasteiger partial charge is 0.449 e. The zero-order chi connectivity index (χ0) is 9.68. The first-order chi connectivity index (χ1) is 6.24. The van der Waals surface area contributed by atoms with Crippen molar-refractivity contribution in [1.82, 2.24) is 9.97 Å². The number of hydrogen-bond acceptors (Lipinski definition) is 4. The summed E-state index contributed by atoms with van der Waals surface area (Å²) < 4.78 is 4.44. The lowest BCUT2D eigenvalue weighted by Crippen LogP contribution is -2.07. The molecule has 1 N–H and O–H groups in total. The molecule has 0 saturated carbocycles. The lowest BCUT2D eigenvalue weighted by molar-refractivity contribution is 0.141. The van der Waals surface area contributed by atoms with Crippen LogP contribution in [0.1, 0.15) is 19.0 Å². The fourth-order valence-corrected chi connectivity index (χ4v) is 0.930. The molecule has 0 radical (unpaired) electrons. The maximum atomic E-state index is 10.2. The third-order valence-electron chi connectivity index (χ3n) is 1.41. The maximum Gasteiger partial charge on any atom is 0.512 e. The third-order valence-corrected chi connectivity index (χ3v) is 1.41. The molecule has 5 nitrogen and oxygen atoms in total. The number of hydrogen-bond donors (Lipinski definition) is 1. The molecule has 0 aliphatic carbocycles. The molecular formula is C8H10N2O3. The maximum absolute atomic E-state index is 10.2. The summed E-state index contributed by atoms with van der Waals surface area (Å²) >= 11 is 0. The van der Waals surface area contributed by atoms with Crippen molar-refractivity contribution in [1.29, 1.82) is 0 Å². The Morgan fingerprint density at radius 3 is 2.85 bits per heavy atom. The van der Waals surface area contributed by atoms with Gasteiger partial charge in [0.15, 0.2) is 0 Å². The second-order valence-electron chi connectivity index (χ2n) is 2.43. The Balaban J connectivity index is 2.84. The molecule has 0 saturated heterocycles. The van der Waals surface area contributed by atoms with Crippen molar-refractivity contribution in [3.05, 3.63) is 18.1 Å². The summed E-state index contributed by atoms with van der Waals surface area (Å²) in [6.45, 7) is 1.97. The van der Waals surface area contributed by atoms with Gasteiger partial charge in [0.25, 0.3) is 0 Å². The molecule has 5 heteroatoms. The van der Waals surface area contributed by atoms with Gasteiger partial charge in [-0.05, 0) is 6.42 Å². The fraction of sp³-hybridized carbons (Fsp3) is 0.375. The molecule has 0 bridgehead atoms. The first-order valence-electron chi connectivity index (χ1n) is 3.94. The summed E-state index contributed by atoms with van der Waals surface area (Å²) in [4.78, 5) is 18.0. The van der Waals surface area contributed by atoms with Crippen LogP contribution in [-0.2, 0) is 6.42 Å². The van der Waals surface area contributed by atoms with Gasteiger partial charge in [-0.1, -0.05) is 13.3 Å². The van der Waals surface area contributed by atoms with E-state index in [0.29, 0.717) is 12.1 Å². The molecular weight excluding hydrogens is 172 g/mol. The van der Waals surface area contributed by atoms with Crippen LogP contribution in [0.2, 0.25) is 0 Å². The van der Waals surface area contributed by atoms with Crippen LogP contribution in [0.3, 0.4) is 0 Å². The van der Waals surface area contributed by atoms with E-state index in [1.165, 1.54) is 12.4 Å². The predicted molar refractivity (Wildman–Crippen MR) is 44.7 cm³/mol. The molecule has 0 fully saturated rings. The molecule has 0 aliphatic rings. The van der Waals surface area contributed by atoms with E-state index in [4.69, 9.17) is 5.11 Å². The SMILES string of the molecule is CCCc1nccnc1OC(=O)O. The van der Waals surface area contributed by atoms with E-state index in [0.717, 1.165) is 6.42 Å². The first-order valence-corrected chi connectivity index (χ1v) is 3.94. The number of ether oxygens (including phenoxy) is 1. The average Bonchev–Trinajstić information content (AvgIpc) is 2.08. The van der Waals surface area contributed by atoms with Gasteiger partial charge >= 0.3 is 6.16 Å². The second-order valence-corrected chi connectivity index (χ2v) is 2.43. The first kappa shape index (κ1) is 9.44. The van der Waals surface area contributed by atoms with Crippen molar-refractivity contribution in [3.63, 3.8) is 0 Å². The van der Waals surface area contributed by atoms with Gasteiger partial charge in [-0.25, -0.2) is 9.78 Å². The van der Waals surface area contributed by atoms with E-state index in [-0.39, 0.29) is 5.88 Å². The van der Waals surface area contributed by atoms with E-state index < -0.39 is 6.16 Å². The minimum atomic E-state index is -1.36. The van der Waals surface area contributed by atoms with Crippen molar-refractivity contribution in [3.8, 4) is 5.88 Å². The van der Waals surface area contributed by atoms with Gasteiger partial charge < -0.3 is 9.84 Å². The van der Waals surface area contributed by atoms with E-state index in [2.05, 4.69) is 14.7 Å². The summed E-state index contributed by atoms with van der Waals surface area (Å²) in [6, 6.07) is 0. The Morgan fingerprint density at radius 2 is 2.23 bits per heavy atom. The number of carbonyl (C=O) groups is 1. The molecule has 1 aromatic heterocycles. The minimum Gasteiger partial charge on any atom is -0.449 e. The number of carboxylic acid groups (broad SMARTS) is 1. The topological polar surface area (TPSA) is 72.3 Å². The fourth-order valence-electron chi connectivity index (χ4n) is 0.930. The summed E-state index contributed by atoms with van der Waals surface area (Å²) in [5.74, 6) is 0.0804. The highest BCUT2D eigenvalue weighted by Crippen LogP contribution is 2.12. The monoisotopic (exact) mass is 182 g/mol. The number of aromatic nitrogens is 2. The normalized spacial score (nSPS) is 9.62. The summed E-state index contributed by atoms with van der Waals surface area (Å²) in [5.41, 5.74) is 0.576.